The monoisotopic (exact) mass is 293 g/mol. The molecule has 8 nitrogen and oxygen atoms in total. The van der Waals surface area contributed by atoms with E-state index in [4.69, 9.17) is 10.9 Å². The number of nitro groups is 1. The summed E-state index contributed by atoms with van der Waals surface area (Å²) in [6, 6.07) is 0.879. The molecule has 0 aliphatic heterocycles. The lowest BCUT2D eigenvalue weighted by Gasteiger charge is -2.19. The van der Waals surface area contributed by atoms with Gasteiger partial charge in [-0.1, -0.05) is 5.16 Å². The van der Waals surface area contributed by atoms with Crippen molar-refractivity contribution in [3.63, 3.8) is 0 Å². The van der Waals surface area contributed by atoms with Crippen LogP contribution >= 0.6 is 0 Å². The van der Waals surface area contributed by atoms with Gasteiger partial charge < -0.3 is 15.8 Å². The number of alkyl halides is 3. The van der Waals surface area contributed by atoms with Crippen molar-refractivity contribution in [3.05, 3.63) is 27.9 Å². The molecule has 11 heteroatoms. The zero-order chi connectivity index (χ0) is 15.5. The fourth-order valence-corrected chi connectivity index (χ4v) is 1.42. The van der Waals surface area contributed by atoms with Gasteiger partial charge >= 0.3 is 11.9 Å². The molecule has 0 aromatic carbocycles. The highest BCUT2D eigenvalue weighted by Gasteiger charge is 2.32. The summed E-state index contributed by atoms with van der Waals surface area (Å²) in [6.45, 7) is -1.40. The lowest BCUT2D eigenvalue weighted by molar-refractivity contribution is -0.384. The zero-order valence-corrected chi connectivity index (χ0v) is 10.1. The Labute approximate surface area is 110 Å². The van der Waals surface area contributed by atoms with Crippen LogP contribution in [0.4, 0.5) is 24.7 Å². The van der Waals surface area contributed by atoms with Gasteiger partial charge in [0.05, 0.1) is 4.92 Å². The van der Waals surface area contributed by atoms with Gasteiger partial charge in [-0.15, -0.1) is 0 Å². The predicted octanol–water partition coefficient (Wildman–Crippen LogP) is 1.08. The molecule has 0 aliphatic carbocycles. The Hall–Kier alpha value is -2.59. The fourth-order valence-electron chi connectivity index (χ4n) is 1.42. The van der Waals surface area contributed by atoms with Gasteiger partial charge in [-0.05, 0) is 0 Å². The molecule has 0 amide bonds. The van der Waals surface area contributed by atoms with Crippen LogP contribution in [0.1, 0.15) is 5.56 Å². The maximum atomic E-state index is 12.3. The Kier molecular flexibility index (Phi) is 4.32. The van der Waals surface area contributed by atoms with Gasteiger partial charge in [0, 0.05) is 24.9 Å². The first-order valence-corrected chi connectivity index (χ1v) is 5.06. The van der Waals surface area contributed by atoms with Gasteiger partial charge in [0.15, 0.2) is 5.84 Å². The quantitative estimate of drug-likeness (QED) is 0.282. The molecular weight excluding hydrogens is 283 g/mol. The van der Waals surface area contributed by atoms with E-state index in [0.29, 0.717) is 4.90 Å². The van der Waals surface area contributed by atoms with Gasteiger partial charge in [-0.3, -0.25) is 10.1 Å². The van der Waals surface area contributed by atoms with E-state index in [2.05, 4.69) is 10.1 Å². The highest BCUT2D eigenvalue weighted by atomic mass is 19.4. The minimum atomic E-state index is -4.53. The zero-order valence-electron chi connectivity index (χ0n) is 10.1. The summed E-state index contributed by atoms with van der Waals surface area (Å²) >= 11 is 0. The third kappa shape index (κ3) is 3.70. The Morgan fingerprint density at radius 3 is 2.70 bits per heavy atom. The second-order valence-electron chi connectivity index (χ2n) is 3.78. The lowest BCUT2D eigenvalue weighted by Crippen LogP contribution is -2.32. The van der Waals surface area contributed by atoms with Crippen LogP contribution in [0.2, 0.25) is 0 Å². The lowest BCUT2D eigenvalue weighted by atomic mass is 10.2. The Morgan fingerprint density at radius 2 is 2.25 bits per heavy atom. The first-order chi connectivity index (χ1) is 9.15. The summed E-state index contributed by atoms with van der Waals surface area (Å²) in [6.07, 6.45) is -3.56. The molecule has 0 fully saturated rings. The summed E-state index contributed by atoms with van der Waals surface area (Å²) in [4.78, 5) is 14.1. The molecule has 3 N–H and O–H groups in total. The van der Waals surface area contributed by atoms with Crippen molar-refractivity contribution in [2.24, 2.45) is 10.9 Å². The van der Waals surface area contributed by atoms with Gasteiger partial charge in [0.25, 0.3) is 0 Å². The van der Waals surface area contributed by atoms with Crippen LogP contribution in [-0.4, -0.2) is 40.7 Å². The minimum Gasteiger partial charge on any atom is -0.409 e. The number of amidine groups is 1. The van der Waals surface area contributed by atoms with Crippen molar-refractivity contribution < 1.29 is 23.3 Å². The molecule has 0 saturated heterocycles. The van der Waals surface area contributed by atoms with Crippen molar-refractivity contribution in [3.8, 4) is 0 Å². The van der Waals surface area contributed by atoms with Crippen molar-refractivity contribution in [2.75, 3.05) is 18.5 Å². The molecule has 20 heavy (non-hydrogen) atoms. The summed E-state index contributed by atoms with van der Waals surface area (Å²) in [5.74, 6) is -0.910. The van der Waals surface area contributed by atoms with Crippen LogP contribution in [0.25, 0.3) is 0 Å². The predicted molar refractivity (Wildman–Crippen MR) is 62.7 cm³/mol. The maximum absolute atomic E-state index is 12.3. The molecule has 1 aromatic heterocycles. The van der Waals surface area contributed by atoms with Crippen LogP contribution in [0.5, 0.6) is 0 Å². The fraction of sp³-hybridized carbons (Fsp3) is 0.333. The highest BCUT2D eigenvalue weighted by molar-refractivity contribution is 5.97. The number of hydrogen-bond donors (Lipinski definition) is 2. The smallest absolute Gasteiger partial charge is 0.405 e. The number of oxime groups is 1. The topological polar surface area (TPSA) is 118 Å². The average molecular weight is 293 g/mol. The summed E-state index contributed by atoms with van der Waals surface area (Å²) < 4.78 is 36.8. The van der Waals surface area contributed by atoms with Crippen molar-refractivity contribution in [1.82, 2.24) is 4.98 Å². The van der Waals surface area contributed by atoms with Crippen LogP contribution < -0.4 is 10.6 Å². The molecule has 0 atom stereocenters. The third-order valence-corrected chi connectivity index (χ3v) is 2.23. The van der Waals surface area contributed by atoms with Gasteiger partial charge in [0.1, 0.15) is 6.54 Å². The molecule has 1 aromatic rings. The van der Waals surface area contributed by atoms with E-state index < -0.39 is 35.0 Å². The molecule has 0 bridgehead atoms. The normalized spacial score (nSPS) is 12.3. The standard InChI is InChI=1S/C9H10F3N5O3/c1-16(4-9(10,11)12)8-6(17(19)20)2-5(3-14-8)7(13)15-18/h2-3,18H,4H2,1H3,(H2,13,15). The van der Waals surface area contributed by atoms with Gasteiger partial charge in [-0.25, -0.2) is 4.98 Å². The number of rotatable bonds is 4. The molecule has 0 radical (unpaired) electrons. The van der Waals surface area contributed by atoms with Gasteiger partial charge in [0.2, 0.25) is 5.82 Å². The SMILES string of the molecule is CN(CC(F)(F)F)c1ncc(C(N)=NO)cc1[N+](=O)[O-]. The van der Waals surface area contributed by atoms with E-state index in [1.54, 1.807) is 0 Å². The van der Waals surface area contributed by atoms with E-state index in [0.717, 1.165) is 19.3 Å². The molecule has 0 saturated carbocycles. The van der Waals surface area contributed by atoms with Crippen molar-refractivity contribution in [1.29, 1.82) is 0 Å². The first kappa shape index (κ1) is 15.5. The van der Waals surface area contributed by atoms with E-state index in [1.165, 1.54) is 0 Å². The van der Waals surface area contributed by atoms with Crippen molar-refractivity contribution in [2.45, 2.75) is 6.18 Å². The number of halogens is 3. The second kappa shape index (κ2) is 5.59. The molecule has 0 aliphatic rings. The van der Waals surface area contributed by atoms with E-state index in [1.807, 2.05) is 0 Å². The van der Waals surface area contributed by atoms with Gasteiger partial charge in [-0.2, -0.15) is 13.2 Å². The van der Waals surface area contributed by atoms with Crippen LogP contribution in [0.15, 0.2) is 17.4 Å². The Morgan fingerprint density at radius 1 is 1.65 bits per heavy atom. The number of aromatic nitrogens is 1. The molecule has 110 valence electrons. The van der Waals surface area contributed by atoms with E-state index >= 15 is 0 Å². The van der Waals surface area contributed by atoms with Crippen LogP contribution in [-0.2, 0) is 0 Å². The van der Waals surface area contributed by atoms with E-state index in [9.17, 15) is 23.3 Å². The number of pyridine rings is 1. The maximum Gasteiger partial charge on any atom is 0.405 e. The first-order valence-electron chi connectivity index (χ1n) is 5.06. The summed E-state index contributed by atoms with van der Waals surface area (Å²) in [7, 11) is 1.02. The third-order valence-electron chi connectivity index (χ3n) is 2.23. The number of nitrogens with two attached hydrogens (primary N) is 1. The molecular formula is C9H10F3N5O3. The van der Waals surface area contributed by atoms with Crippen molar-refractivity contribution >= 4 is 17.3 Å². The number of nitrogens with zero attached hydrogens (tertiary/aromatic N) is 4. The second-order valence-corrected chi connectivity index (χ2v) is 3.78. The van der Waals surface area contributed by atoms with Crippen LogP contribution in [0, 0.1) is 10.1 Å². The molecule has 0 spiro atoms. The molecule has 1 heterocycles. The summed E-state index contributed by atoms with van der Waals surface area (Å²) in [5.41, 5.74) is 4.48. The van der Waals surface area contributed by atoms with E-state index in [-0.39, 0.29) is 5.56 Å². The Bertz CT molecular complexity index is 546. The summed E-state index contributed by atoms with van der Waals surface area (Å²) in [5, 5.41) is 22.0. The molecule has 0 unspecified atom stereocenters. The Balaban J connectivity index is 3.24. The largest absolute Gasteiger partial charge is 0.409 e. The van der Waals surface area contributed by atoms with Crippen LogP contribution in [0.3, 0.4) is 0 Å². The molecule has 1 rings (SSSR count). The average Bonchev–Trinajstić information content (AvgIpc) is 2.34. The minimum absolute atomic E-state index is 0.0802. The highest BCUT2D eigenvalue weighted by Crippen LogP contribution is 2.28. The number of anilines is 1. The number of hydrogen-bond acceptors (Lipinski definition) is 6.